The minimum atomic E-state index is -0.807. The van der Waals surface area contributed by atoms with Crippen LogP contribution in [0.15, 0.2) is 18.2 Å². The van der Waals surface area contributed by atoms with E-state index in [1.807, 2.05) is 37.1 Å². The molecule has 2 N–H and O–H groups in total. The van der Waals surface area contributed by atoms with Gasteiger partial charge in [-0.15, -0.1) is 0 Å². The van der Waals surface area contributed by atoms with Crippen LogP contribution in [0, 0.1) is 0 Å². The molecule has 1 saturated heterocycles. The normalized spacial score (nSPS) is 31.5. The Balaban J connectivity index is 2.37. The SMILES string of the molecule is COc1ccc(C2C(O)C(O)C(C)N2C)cc1OC. The maximum Gasteiger partial charge on any atom is 0.161 e. The van der Waals surface area contributed by atoms with Crippen molar-refractivity contribution in [2.45, 2.75) is 31.2 Å². The number of rotatable bonds is 3. The molecule has 1 heterocycles. The van der Waals surface area contributed by atoms with Crippen molar-refractivity contribution in [1.82, 2.24) is 4.90 Å². The van der Waals surface area contributed by atoms with Crippen molar-refractivity contribution in [3.05, 3.63) is 23.8 Å². The maximum atomic E-state index is 10.2. The van der Waals surface area contributed by atoms with Crippen molar-refractivity contribution in [3.8, 4) is 11.5 Å². The van der Waals surface area contributed by atoms with E-state index in [-0.39, 0.29) is 12.1 Å². The van der Waals surface area contributed by atoms with Crippen LogP contribution < -0.4 is 9.47 Å². The summed E-state index contributed by atoms with van der Waals surface area (Å²) in [4.78, 5) is 1.97. The molecule has 106 valence electrons. The van der Waals surface area contributed by atoms with Gasteiger partial charge in [-0.1, -0.05) is 6.07 Å². The Kier molecular flexibility index (Phi) is 3.99. The predicted molar refractivity (Wildman–Crippen MR) is 71.5 cm³/mol. The van der Waals surface area contributed by atoms with Crippen LogP contribution in [-0.2, 0) is 0 Å². The summed E-state index contributed by atoms with van der Waals surface area (Å²) in [5.74, 6) is 1.27. The molecule has 0 bridgehead atoms. The third-order valence-electron chi connectivity index (χ3n) is 4.00. The van der Waals surface area contributed by atoms with Crippen LogP contribution in [0.2, 0.25) is 0 Å². The zero-order valence-corrected chi connectivity index (χ0v) is 11.7. The quantitative estimate of drug-likeness (QED) is 0.848. The second kappa shape index (κ2) is 5.36. The molecule has 1 aliphatic rings. The van der Waals surface area contributed by atoms with Gasteiger partial charge in [-0.25, -0.2) is 0 Å². The molecular formula is C14H21NO4. The second-order valence-corrected chi connectivity index (χ2v) is 4.95. The molecule has 1 aromatic rings. The Bertz CT molecular complexity index is 437. The first-order valence-electron chi connectivity index (χ1n) is 6.31. The molecule has 0 radical (unpaired) electrons. The van der Waals surface area contributed by atoms with Gasteiger partial charge in [0.15, 0.2) is 11.5 Å². The first-order valence-corrected chi connectivity index (χ1v) is 6.31. The molecule has 0 aromatic heterocycles. The van der Waals surface area contributed by atoms with Crippen LogP contribution in [0.5, 0.6) is 11.5 Å². The summed E-state index contributed by atoms with van der Waals surface area (Å²) in [6.07, 6.45) is -1.55. The predicted octanol–water partition coefficient (Wildman–Crippen LogP) is 0.801. The molecular weight excluding hydrogens is 246 g/mol. The van der Waals surface area contributed by atoms with Crippen LogP contribution in [-0.4, -0.2) is 54.6 Å². The summed E-state index contributed by atoms with van der Waals surface area (Å²) >= 11 is 0. The van der Waals surface area contributed by atoms with E-state index in [0.29, 0.717) is 11.5 Å². The van der Waals surface area contributed by atoms with Gasteiger partial charge in [0.2, 0.25) is 0 Å². The maximum absolute atomic E-state index is 10.2. The molecule has 1 fully saturated rings. The second-order valence-electron chi connectivity index (χ2n) is 4.95. The van der Waals surface area contributed by atoms with E-state index in [4.69, 9.17) is 9.47 Å². The minimum Gasteiger partial charge on any atom is -0.493 e. The summed E-state index contributed by atoms with van der Waals surface area (Å²) in [6.45, 7) is 1.90. The van der Waals surface area contributed by atoms with Crippen molar-refractivity contribution in [2.75, 3.05) is 21.3 Å². The van der Waals surface area contributed by atoms with E-state index >= 15 is 0 Å². The summed E-state index contributed by atoms with van der Waals surface area (Å²) in [7, 11) is 5.05. The highest BCUT2D eigenvalue weighted by Crippen LogP contribution is 2.38. The number of hydrogen-bond donors (Lipinski definition) is 2. The molecule has 5 nitrogen and oxygen atoms in total. The van der Waals surface area contributed by atoms with Gasteiger partial charge in [0.1, 0.15) is 6.10 Å². The van der Waals surface area contributed by atoms with E-state index in [1.165, 1.54) is 0 Å². The number of benzene rings is 1. The highest BCUT2D eigenvalue weighted by molar-refractivity contribution is 5.44. The topological polar surface area (TPSA) is 62.2 Å². The van der Waals surface area contributed by atoms with Crippen LogP contribution >= 0.6 is 0 Å². The fraction of sp³-hybridized carbons (Fsp3) is 0.571. The average Bonchev–Trinajstić information content (AvgIpc) is 2.62. The molecule has 1 aliphatic heterocycles. The lowest BCUT2D eigenvalue weighted by Crippen LogP contribution is -2.30. The standard InChI is InChI=1S/C14H21NO4/c1-8-13(16)14(17)12(15(8)2)9-5-6-10(18-3)11(7-9)19-4/h5-8,12-14,16-17H,1-4H3. The Hall–Kier alpha value is -1.30. The molecule has 5 heteroatoms. The number of aliphatic hydroxyl groups excluding tert-OH is 2. The Morgan fingerprint density at radius 3 is 2.16 bits per heavy atom. The lowest BCUT2D eigenvalue weighted by Gasteiger charge is -2.25. The highest BCUT2D eigenvalue weighted by Gasteiger charge is 2.44. The number of aliphatic hydroxyl groups is 2. The van der Waals surface area contributed by atoms with E-state index in [0.717, 1.165) is 5.56 Å². The van der Waals surface area contributed by atoms with Crippen molar-refractivity contribution < 1.29 is 19.7 Å². The Morgan fingerprint density at radius 2 is 1.68 bits per heavy atom. The van der Waals surface area contributed by atoms with Crippen LogP contribution in [0.25, 0.3) is 0 Å². The fourth-order valence-corrected chi connectivity index (χ4v) is 2.68. The van der Waals surface area contributed by atoms with Crippen LogP contribution in [0.3, 0.4) is 0 Å². The number of ether oxygens (including phenoxy) is 2. The molecule has 2 rings (SSSR count). The molecule has 0 spiro atoms. The summed E-state index contributed by atoms with van der Waals surface area (Å²) in [6, 6.07) is 5.20. The molecule has 4 unspecified atom stereocenters. The van der Waals surface area contributed by atoms with E-state index in [9.17, 15) is 10.2 Å². The molecule has 1 aromatic carbocycles. The number of likely N-dealkylation sites (N-methyl/N-ethyl adjacent to an activating group) is 1. The van der Waals surface area contributed by atoms with E-state index in [1.54, 1.807) is 14.2 Å². The summed E-state index contributed by atoms with van der Waals surface area (Å²) in [5, 5.41) is 20.1. The van der Waals surface area contributed by atoms with Crippen molar-refractivity contribution in [1.29, 1.82) is 0 Å². The first-order chi connectivity index (χ1) is 9.01. The summed E-state index contributed by atoms with van der Waals surface area (Å²) in [5.41, 5.74) is 0.899. The zero-order valence-electron chi connectivity index (χ0n) is 11.7. The lowest BCUT2D eigenvalue weighted by atomic mass is 10.0. The molecule has 4 atom stereocenters. The van der Waals surface area contributed by atoms with Crippen molar-refractivity contribution in [3.63, 3.8) is 0 Å². The third kappa shape index (κ3) is 2.29. The first kappa shape index (κ1) is 14.1. The fourth-order valence-electron chi connectivity index (χ4n) is 2.68. The average molecular weight is 267 g/mol. The van der Waals surface area contributed by atoms with Gasteiger partial charge < -0.3 is 19.7 Å². The van der Waals surface area contributed by atoms with Gasteiger partial charge >= 0.3 is 0 Å². The van der Waals surface area contributed by atoms with Crippen molar-refractivity contribution >= 4 is 0 Å². The number of hydrogen-bond acceptors (Lipinski definition) is 5. The Morgan fingerprint density at radius 1 is 1.05 bits per heavy atom. The van der Waals surface area contributed by atoms with E-state index in [2.05, 4.69) is 0 Å². The van der Waals surface area contributed by atoms with E-state index < -0.39 is 12.2 Å². The smallest absolute Gasteiger partial charge is 0.161 e. The van der Waals surface area contributed by atoms with Gasteiger partial charge in [0.05, 0.1) is 26.4 Å². The molecule has 0 amide bonds. The van der Waals surface area contributed by atoms with Gasteiger partial charge in [-0.05, 0) is 31.7 Å². The van der Waals surface area contributed by atoms with Gasteiger partial charge in [0.25, 0.3) is 0 Å². The van der Waals surface area contributed by atoms with Gasteiger partial charge in [-0.2, -0.15) is 0 Å². The lowest BCUT2D eigenvalue weighted by molar-refractivity contribution is 0.0300. The summed E-state index contributed by atoms with van der Waals surface area (Å²) < 4.78 is 10.5. The highest BCUT2D eigenvalue weighted by atomic mass is 16.5. The molecule has 0 aliphatic carbocycles. The van der Waals surface area contributed by atoms with Crippen LogP contribution in [0.1, 0.15) is 18.5 Å². The number of likely N-dealkylation sites (tertiary alicyclic amines) is 1. The van der Waals surface area contributed by atoms with Gasteiger partial charge in [0, 0.05) is 6.04 Å². The minimum absolute atomic E-state index is 0.0897. The van der Waals surface area contributed by atoms with Crippen LogP contribution in [0.4, 0.5) is 0 Å². The number of nitrogens with zero attached hydrogens (tertiary/aromatic N) is 1. The molecule has 0 saturated carbocycles. The third-order valence-corrected chi connectivity index (χ3v) is 4.00. The van der Waals surface area contributed by atoms with Gasteiger partial charge in [-0.3, -0.25) is 4.90 Å². The monoisotopic (exact) mass is 267 g/mol. The zero-order chi connectivity index (χ0) is 14.2. The van der Waals surface area contributed by atoms with Crippen molar-refractivity contribution in [2.24, 2.45) is 0 Å². The molecule has 19 heavy (non-hydrogen) atoms. The number of methoxy groups -OCH3 is 2. The Labute approximate surface area is 113 Å². The largest absolute Gasteiger partial charge is 0.493 e.